The van der Waals surface area contributed by atoms with Gasteiger partial charge in [-0.1, -0.05) is 17.7 Å². The first-order valence-corrected chi connectivity index (χ1v) is 8.06. The van der Waals surface area contributed by atoms with Crippen molar-refractivity contribution < 1.29 is 23.5 Å². The van der Waals surface area contributed by atoms with Crippen molar-refractivity contribution in [3.63, 3.8) is 0 Å². The fraction of sp³-hybridized carbons (Fsp3) is 0.167. The fourth-order valence-electron chi connectivity index (χ4n) is 1.95. The lowest BCUT2D eigenvalue weighted by atomic mass is 10.2. The summed E-state index contributed by atoms with van der Waals surface area (Å²) < 4.78 is 17.6. The Balaban J connectivity index is 1.67. The predicted octanol–water partition coefficient (Wildman–Crippen LogP) is 3.38. The lowest BCUT2D eigenvalue weighted by Crippen LogP contribution is -2.21. The van der Waals surface area contributed by atoms with Crippen LogP contribution in [0.4, 0.5) is 15.8 Å². The second kappa shape index (κ2) is 9.53. The second-order valence-electron chi connectivity index (χ2n) is 5.27. The number of benzene rings is 2. The minimum atomic E-state index is -0.680. The lowest BCUT2D eigenvalue weighted by Gasteiger charge is -2.07. The van der Waals surface area contributed by atoms with Crippen LogP contribution in [0.2, 0.25) is 5.02 Å². The van der Waals surface area contributed by atoms with E-state index in [0.717, 1.165) is 0 Å². The normalized spacial score (nSPS) is 10.1. The average Bonchev–Trinajstić information content (AvgIpc) is 2.60. The van der Waals surface area contributed by atoms with Gasteiger partial charge in [0.1, 0.15) is 5.82 Å². The molecule has 0 atom stereocenters. The van der Waals surface area contributed by atoms with E-state index in [0.29, 0.717) is 16.4 Å². The first-order valence-electron chi connectivity index (χ1n) is 7.69. The van der Waals surface area contributed by atoms with Crippen molar-refractivity contribution in [1.82, 2.24) is 0 Å². The SMILES string of the molecule is O=C(CCC(=O)OCC(=O)Nc1cccc(Cl)c1)Nc1ccc(F)cc1. The number of ether oxygens (including phenoxy) is 1. The molecule has 0 saturated heterocycles. The maximum absolute atomic E-state index is 12.8. The highest BCUT2D eigenvalue weighted by Gasteiger charge is 2.11. The van der Waals surface area contributed by atoms with Crippen LogP contribution in [0.25, 0.3) is 0 Å². The number of nitrogens with one attached hydrogen (secondary N) is 2. The van der Waals surface area contributed by atoms with E-state index in [-0.39, 0.29) is 12.8 Å². The molecular weight excluding hydrogens is 363 g/mol. The maximum Gasteiger partial charge on any atom is 0.306 e. The van der Waals surface area contributed by atoms with Gasteiger partial charge >= 0.3 is 5.97 Å². The number of carbonyl (C=O) groups is 3. The molecule has 0 aliphatic carbocycles. The van der Waals surface area contributed by atoms with Gasteiger partial charge < -0.3 is 15.4 Å². The zero-order valence-electron chi connectivity index (χ0n) is 13.6. The molecule has 2 aromatic carbocycles. The number of anilines is 2. The summed E-state index contributed by atoms with van der Waals surface area (Å²) in [4.78, 5) is 35.0. The highest BCUT2D eigenvalue weighted by molar-refractivity contribution is 6.30. The Hall–Kier alpha value is -2.93. The molecule has 2 rings (SSSR count). The van der Waals surface area contributed by atoms with E-state index in [1.165, 1.54) is 24.3 Å². The summed E-state index contributed by atoms with van der Waals surface area (Å²) in [6.07, 6.45) is -0.302. The van der Waals surface area contributed by atoms with Gasteiger partial charge in [-0.05, 0) is 42.5 Å². The molecule has 0 aliphatic rings. The predicted molar refractivity (Wildman–Crippen MR) is 95.3 cm³/mol. The van der Waals surface area contributed by atoms with Gasteiger partial charge in [0.2, 0.25) is 5.91 Å². The van der Waals surface area contributed by atoms with Crippen LogP contribution in [0.3, 0.4) is 0 Å². The third-order valence-electron chi connectivity index (χ3n) is 3.16. The van der Waals surface area contributed by atoms with Crippen molar-refractivity contribution in [2.75, 3.05) is 17.2 Å². The molecule has 0 unspecified atom stereocenters. The third-order valence-corrected chi connectivity index (χ3v) is 3.39. The maximum atomic E-state index is 12.8. The van der Waals surface area contributed by atoms with E-state index >= 15 is 0 Å². The smallest absolute Gasteiger partial charge is 0.306 e. The number of esters is 1. The number of carbonyl (C=O) groups excluding carboxylic acids is 3. The van der Waals surface area contributed by atoms with Gasteiger partial charge in [0.25, 0.3) is 5.91 Å². The first-order chi connectivity index (χ1) is 12.4. The van der Waals surface area contributed by atoms with Crippen molar-refractivity contribution in [3.05, 3.63) is 59.4 Å². The molecule has 2 aromatic rings. The number of hydrogen-bond donors (Lipinski definition) is 2. The topological polar surface area (TPSA) is 84.5 Å². The van der Waals surface area contributed by atoms with Gasteiger partial charge in [-0.3, -0.25) is 14.4 Å². The zero-order valence-corrected chi connectivity index (χ0v) is 14.4. The number of hydrogen-bond acceptors (Lipinski definition) is 4. The van der Waals surface area contributed by atoms with Gasteiger partial charge in [-0.2, -0.15) is 0 Å². The van der Waals surface area contributed by atoms with Crippen molar-refractivity contribution in [1.29, 1.82) is 0 Å². The van der Waals surface area contributed by atoms with Crippen LogP contribution in [-0.2, 0) is 19.1 Å². The molecule has 136 valence electrons. The van der Waals surface area contributed by atoms with Gasteiger partial charge in [-0.15, -0.1) is 0 Å². The Labute approximate surface area is 154 Å². The van der Waals surface area contributed by atoms with Crippen molar-refractivity contribution in [2.24, 2.45) is 0 Å². The fourth-order valence-corrected chi connectivity index (χ4v) is 2.14. The molecule has 8 heteroatoms. The van der Waals surface area contributed by atoms with Crippen molar-refractivity contribution >= 4 is 40.8 Å². The van der Waals surface area contributed by atoms with E-state index in [4.69, 9.17) is 16.3 Å². The Morgan fingerprint density at radius 1 is 0.923 bits per heavy atom. The molecule has 0 aromatic heterocycles. The monoisotopic (exact) mass is 378 g/mol. The van der Waals surface area contributed by atoms with E-state index in [1.54, 1.807) is 24.3 Å². The molecule has 2 N–H and O–H groups in total. The van der Waals surface area contributed by atoms with Crippen LogP contribution in [-0.4, -0.2) is 24.4 Å². The molecule has 0 bridgehead atoms. The summed E-state index contributed by atoms with van der Waals surface area (Å²) in [6, 6.07) is 11.8. The zero-order chi connectivity index (χ0) is 18.9. The van der Waals surface area contributed by atoms with Gasteiger partial charge in [0.15, 0.2) is 6.61 Å². The molecule has 0 spiro atoms. The van der Waals surface area contributed by atoms with E-state index in [2.05, 4.69) is 10.6 Å². The van der Waals surface area contributed by atoms with Crippen LogP contribution in [0.1, 0.15) is 12.8 Å². The molecule has 0 saturated carbocycles. The Bertz CT molecular complexity index is 796. The summed E-state index contributed by atoms with van der Waals surface area (Å²) in [5.41, 5.74) is 0.905. The van der Waals surface area contributed by atoms with E-state index in [1.807, 2.05) is 0 Å². The molecule has 0 fully saturated rings. The van der Waals surface area contributed by atoms with Crippen LogP contribution < -0.4 is 10.6 Å². The molecule has 26 heavy (non-hydrogen) atoms. The highest BCUT2D eigenvalue weighted by Crippen LogP contribution is 2.14. The summed E-state index contributed by atoms with van der Waals surface area (Å²) in [6.45, 7) is -0.467. The van der Waals surface area contributed by atoms with Crippen molar-refractivity contribution in [3.8, 4) is 0 Å². The summed E-state index contributed by atoms with van der Waals surface area (Å²) >= 11 is 5.80. The number of rotatable bonds is 7. The standard InChI is InChI=1S/C18H16ClFN2O4/c19-12-2-1-3-15(10-12)22-17(24)11-26-18(25)9-8-16(23)21-14-6-4-13(20)5-7-14/h1-7,10H,8-9,11H2,(H,21,23)(H,22,24). The molecule has 0 heterocycles. The van der Waals surface area contributed by atoms with E-state index in [9.17, 15) is 18.8 Å². The van der Waals surface area contributed by atoms with Crippen molar-refractivity contribution in [2.45, 2.75) is 12.8 Å². The average molecular weight is 379 g/mol. The largest absolute Gasteiger partial charge is 0.456 e. The molecule has 2 amide bonds. The van der Waals surface area contributed by atoms with Gasteiger partial charge in [-0.25, -0.2) is 4.39 Å². The summed E-state index contributed by atoms with van der Waals surface area (Å²) in [7, 11) is 0. The quantitative estimate of drug-likeness (QED) is 0.723. The minimum Gasteiger partial charge on any atom is -0.456 e. The molecule has 0 radical (unpaired) electrons. The number of halogens is 2. The minimum absolute atomic E-state index is 0.119. The third kappa shape index (κ3) is 6.90. The summed E-state index contributed by atoms with van der Waals surface area (Å²) in [5.74, 6) is -2.03. The molecular formula is C18H16ClFN2O4. The van der Waals surface area contributed by atoms with Crippen LogP contribution in [0, 0.1) is 5.82 Å². The van der Waals surface area contributed by atoms with Gasteiger partial charge in [0, 0.05) is 22.8 Å². The molecule has 6 nitrogen and oxygen atoms in total. The van der Waals surface area contributed by atoms with Gasteiger partial charge in [0.05, 0.1) is 6.42 Å². The highest BCUT2D eigenvalue weighted by atomic mass is 35.5. The summed E-state index contributed by atoms with van der Waals surface area (Å²) in [5, 5.41) is 5.52. The van der Waals surface area contributed by atoms with E-state index < -0.39 is 30.2 Å². The lowest BCUT2D eigenvalue weighted by molar-refractivity contribution is -0.147. The Morgan fingerprint density at radius 3 is 2.31 bits per heavy atom. The second-order valence-corrected chi connectivity index (χ2v) is 5.71. The molecule has 0 aliphatic heterocycles. The van der Waals surface area contributed by atoms with Crippen LogP contribution >= 0.6 is 11.6 Å². The Morgan fingerprint density at radius 2 is 1.62 bits per heavy atom. The van der Waals surface area contributed by atoms with Crippen LogP contribution in [0.15, 0.2) is 48.5 Å². The number of amides is 2. The Kier molecular flexibility index (Phi) is 7.11. The van der Waals surface area contributed by atoms with Crippen LogP contribution in [0.5, 0.6) is 0 Å². The first kappa shape index (κ1) is 19.4.